The van der Waals surface area contributed by atoms with E-state index in [0.29, 0.717) is 0 Å². The lowest BCUT2D eigenvalue weighted by atomic mass is 10.1. The van der Waals surface area contributed by atoms with Crippen LogP contribution in [0, 0.1) is 0 Å². The van der Waals surface area contributed by atoms with E-state index in [1.54, 1.807) is 0 Å². The molecule has 0 aliphatic carbocycles. The lowest BCUT2D eigenvalue weighted by Crippen LogP contribution is -2.27. The van der Waals surface area contributed by atoms with Gasteiger partial charge < -0.3 is 9.47 Å². The van der Waals surface area contributed by atoms with Crippen molar-refractivity contribution in [3.05, 3.63) is 29.8 Å². The fourth-order valence-electron chi connectivity index (χ4n) is 1.80. The van der Waals surface area contributed by atoms with E-state index in [-0.39, 0.29) is 6.10 Å². The van der Waals surface area contributed by atoms with Crippen LogP contribution in [-0.2, 0) is 11.2 Å². The van der Waals surface area contributed by atoms with Gasteiger partial charge in [0, 0.05) is 6.61 Å². The van der Waals surface area contributed by atoms with E-state index in [0.717, 1.165) is 38.2 Å². The summed E-state index contributed by atoms with van der Waals surface area (Å²) in [7, 11) is 0. The molecule has 2 nitrogen and oxygen atoms in total. The van der Waals surface area contributed by atoms with Gasteiger partial charge in [0.15, 0.2) is 0 Å². The van der Waals surface area contributed by atoms with E-state index >= 15 is 0 Å². The highest BCUT2D eigenvalue weighted by Crippen LogP contribution is 2.17. The highest BCUT2D eigenvalue weighted by atomic mass is 16.5. The van der Waals surface area contributed by atoms with E-state index < -0.39 is 0 Å². The molecule has 0 amide bonds. The molecule has 1 saturated heterocycles. The van der Waals surface area contributed by atoms with E-state index in [1.165, 1.54) is 5.56 Å². The lowest BCUT2D eigenvalue weighted by molar-refractivity contribution is 0.00742. The summed E-state index contributed by atoms with van der Waals surface area (Å²) in [6.07, 6.45) is 3.53. The first kappa shape index (κ1) is 10.5. The molecule has 1 aliphatic rings. The SMILES string of the molecule is CCc1ccc(OC2CCCOC2)cc1. The van der Waals surface area contributed by atoms with Crippen LogP contribution in [0.2, 0.25) is 0 Å². The van der Waals surface area contributed by atoms with Crippen molar-refractivity contribution in [2.75, 3.05) is 13.2 Å². The number of hydrogen-bond acceptors (Lipinski definition) is 2. The molecule has 1 fully saturated rings. The van der Waals surface area contributed by atoms with Crippen LogP contribution in [0.3, 0.4) is 0 Å². The van der Waals surface area contributed by atoms with Gasteiger partial charge in [-0.2, -0.15) is 0 Å². The topological polar surface area (TPSA) is 18.5 Å². The molecule has 82 valence electrons. The molecule has 1 aromatic rings. The van der Waals surface area contributed by atoms with Crippen molar-refractivity contribution in [3.8, 4) is 5.75 Å². The Kier molecular flexibility index (Phi) is 3.62. The Bertz CT molecular complexity index is 286. The number of hydrogen-bond donors (Lipinski definition) is 0. The maximum atomic E-state index is 5.83. The van der Waals surface area contributed by atoms with E-state index in [4.69, 9.17) is 9.47 Å². The Labute approximate surface area is 91.2 Å². The van der Waals surface area contributed by atoms with E-state index in [9.17, 15) is 0 Å². The molecule has 1 unspecified atom stereocenters. The number of rotatable bonds is 3. The third kappa shape index (κ3) is 2.96. The molecule has 1 aliphatic heterocycles. The fourth-order valence-corrected chi connectivity index (χ4v) is 1.80. The molecular formula is C13H18O2. The molecule has 15 heavy (non-hydrogen) atoms. The van der Waals surface area contributed by atoms with Crippen LogP contribution in [0.25, 0.3) is 0 Å². The van der Waals surface area contributed by atoms with Crippen LogP contribution in [0.1, 0.15) is 25.3 Å². The standard InChI is InChI=1S/C13H18O2/c1-2-11-5-7-12(8-6-11)15-13-4-3-9-14-10-13/h5-8,13H,2-4,9-10H2,1H3. The quantitative estimate of drug-likeness (QED) is 0.757. The first-order valence-electron chi connectivity index (χ1n) is 5.72. The van der Waals surface area contributed by atoms with Gasteiger partial charge in [-0.25, -0.2) is 0 Å². The third-order valence-electron chi connectivity index (χ3n) is 2.75. The predicted octanol–water partition coefficient (Wildman–Crippen LogP) is 2.81. The van der Waals surface area contributed by atoms with Crippen LogP contribution in [-0.4, -0.2) is 19.3 Å². The summed E-state index contributed by atoms with van der Waals surface area (Å²) in [4.78, 5) is 0. The molecule has 1 aromatic carbocycles. The first-order chi connectivity index (χ1) is 7.38. The van der Waals surface area contributed by atoms with Crippen molar-refractivity contribution in [2.24, 2.45) is 0 Å². The minimum Gasteiger partial charge on any atom is -0.488 e. The Hall–Kier alpha value is -1.02. The largest absolute Gasteiger partial charge is 0.488 e. The van der Waals surface area contributed by atoms with E-state index in [1.807, 2.05) is 12.1 Å². The zero-order valence-corrected chi connectivity index (χ0v) is 9.24. The number of aryl methyl sites for hydroxylation is 1. The Morgan fingerprint density at radius 3 is 2.73 bits per heavy atom. The Balaban J connectivity index is 1.91. The smallest absolute Gasteiger partial charge is 0.122 e. The number of ether oxygens (including phenoxy) is 2. The Morgan fingerprint density at radius 1 is 1.33 bits per heavy atom. The van der Waals surface area contributed by atoms with Crippen molar-refractivity contribution < 1.29 is 9.47 Å². The molecule has 0 radical (unpaired) electrons. The second-order valence-electron chi connectivity index (χ2n) is 3.95. The van der Waals surface area contributed by atoms with Gasteiger partial charge in [-0.1, -0.05) is 19.1 Å². The fraction of sp³-hybridized carbons (Fsp3) is 0.538. The van der Waals surface area contributed by atoms with Crippen molar-refractivity contribution in [1.29, 1.82) is 0 Å². The molecule has 0 bridgehead atoms. The van der Waals surface area contributed by atoms with Gasteiger partial charge in [-0.15, -0.1) is 0 Å². The van der Waals surface area contributed by atoms with Crippen LogP contribution >= 0.6 is 0 Å². The van der Waals surface area contributed by atoms with Gasteiger partial charge in [0.1, 0.15) is 11.9 Å². The molecule has 0 N–H and O–H groups in total. The lowest BCUT2D eigenvalue weighted by Gasteiger charge is -2.23. The molecule has 2 heteroatoms. The van der Waals surface area contributed by atoms with Crippen molar-refractivity contribution >= 4 is 0 Å². The number of benzene rings is 1. The van der Waals surface area contributed by atoms with Crippen LogP contribution in [0.5, 0.6) is 5.75 Å². The maximum absolute atomic E-state index is 5.83. The summed E-state index contributed by atoms with van der Waals surface area (Å²) < 4.78 is 11.2. The zero-order valence-electron chi connectivity index (χ0n) is 9.24. The summed E-state index contributed by atoms with van der Waals surface area (Å²) in [5.74, 6) is 0.961. The van der Waals surface area contributed by atoms with Gasteiger partial charge in [-0.05, 0) is 37.0 Å². The second kappa shape index (κ2) is 5.17. The minimum absolute atomic E-state index is 0.242. The molecule has 0 aromatic heterocycles. The van der Waals surface area contributed by atoms with Gasteiger partial charge >= 0.3 is 0 Å². The van der Waals surface area contributed by atoms with Crippen molar-refractivity contribution in [3.63, 3.8) is 0 Å². The summed E-state index contributed by atoms with van der Waals surface area (Å²) in [6.45, 7) is 3.77. The van der Waals surface area contributed by atoms with Crippen molar-refractivity contribution in [2.45, 2.75) is 32.3 Å². The maximum Gasteiger partial charge on any atom is 0.122 e. The van der Waals surface area contributed by atoms with Gasteiger partial charge in [-0.3, -0.25) is 0 Å². The first-order valence-corrected chi connectivity index (χ1v) is 5.72. The molecular weight excluding hydrogens is 188 g/mol. The minimum atomic E-state index is 0.242. The van der Waals surface area contributed by atoms with E-state index in [2.05, 4.69) is 19.1 Å². The van der Waals surface area contributed by atoms with Gasteiger partial charge in [0.05, 0.1) is 6.61 Å². The van der Waals surface area contributed by atoms with Crippen LogP contribution in [0.4, 0.5) is 0 Å². The monoisotopic (exact) mass is 206 g/mol. The van der Waals surface area contributed by atoms with Crippen molar-refractivity contribution in [1.82, 2.24) is 0 Å². The second-order valence-corrected chi connectivity index (χ2v) is 3.95. The Morgan fingerprint density at radius 2 is 2.13 bits per heavy atom. The molecule has 0 saturated carbocycles. The summed E-state index contributed by atoms with van der Waals surface area (Å²) in [6, 6.07) is 8.35. The van der Waals surface area contributed by atoms with Crippen LogP contribution in [0.15, 0.2) is 24.3 Å². The highest BCUT2D eigenvalue weighted by Gasteiger charge is 2.14. The summed E-state index contributed by atoms with van der Waals surface area (Å²) in [5.41, 5.74) is 1.35. The highest BCUT2D eigenvalue weighted by molar-refractivity contribution is 5.27. The zero-order chi connectivity index (χ0) is 10.5. The molecule has 1 heterocycles. The van der Waals surface area contributed by atoms with Gasteiger partial charge in [0.25, 0.3) is 0 Å². The summed E-state index contributed by atoms with van der Waals surface area (Å²) >= 11 is 0. The predicted molar refractivity (Wildman–Crippen MR) is 60.3 cm³/mol. The summed E-state index contributed by atoms with van der Waals surface area (Å²) in [5, 5.41) is 0. The van der Waals surface area contributed by atoms with Crippen LogP contribution < -0.4 is 4.74 Å². The normalized spacial score (nSPS) is 21.3. The molecule has 1 atom stereocenters. The average Bonchev–Trinajstić information content (AvgIpc) is 2.31. The third-order valence-corrected chi connectivity index (χ3v) is 2.75. The molecule has 2 rings (SSSR count). The average molecular weight is 206 g/mol. The van der Waals surface area contributed by atoms with Gasteiger partial charge in [0.2, 0.25) is 0 Å². The molecule has 0 spiro atoms.